The molecule has 0 saturated heterocycles. The average molecular weight is 347 g/mol. The first-order valence-corrected chi connectivity index (χ1v) is 5.18. The van der Waals surface area contributed by atoms with Crippen LogP contribution in [-0.2, 0) is 26.2 Å². The molecule has 0 aromatic rings. The summed E-state index contributed by atoms with van der Waals surface area (Å²) in [6.45, 7) is 4.42. The molecule has 0 bridgehead atoms. The fourth-order valence-corrected chi connectivity index (χ4v) is 0.340. The molecule has 0 aromatic carbocycles. The Labute approximate surface area is 133 Å². The molecule has 0 nitrogen and oxygen atoms in total. The minimum Gasteiger partial charge on any atom is -1.00 e. The van der Waals surface area contributed by atoms with Crippen molar-refractivity contribution < 1.29 is 51.0 Å². The molecule has 0 aliphatic heterocycles. The monoisotopic (exact) mass is 344 g/mol. The molecule has 1 rings (SSSR count). The van der Waals surface area contributed by atoms with Gasteiger partial charge in [0.1, 0.15) is 0 Å². The summed E-state index contributed by atoms with van der Waals surface area (Å²) in [6.07, 6.45) is 10.0. The Hall–Kier alpha value is 1.16. The van der Waals surface area contributed by atoms with Gasteiger partial charge in [-0.2, -0.15) is 6.08 Å². The molecule has 1 radical (unpaired) electrons. The van der Waals surface area contributed by atoms with E-state index >= 15 is 0 Å². The van der Waals surface area contributed by atoms with Crippen molar-refractivity contribution in [1.82, 2.24) is 0 Å². The van der Waals surface area contributed by atoms with Crippen molar-refractivity contribution in [2.45, 2.75) is 19.5 Å². The van der Waals surface area contributed by atoms with E-state index < -0.39 is 0 Å². The van der Waals surface area contributed by atoms with Crippen LogP contribution in [0.2, 0.25) is 13.1 Å². The van der Waals surface area contributed by atoms with Gasteiger partial charge in [-0.1, -0.05) is 13.1 Å². The van der Waals surface area contributed by atoms with Crippen LogP contribution in [0, 0.1) is 35.8 Å². The molecular weight excluding hydrogens is 322 g/mol. The summed E-state index contributed by atoms with van der Waals surface area (Å²) in [7, 11) is 0.750. The largest absolute Gasteiger partial charge is 2.00 e. The van der Waals surface area contributed by atoms with Crippen LogP contribution in [0.5, 0.6) is 0 Å². The third-order valence-corrected chi connectivity index (χ3v) is 0.586. The van der Waals surface area contributed by atoms with Crippen LogP contribution < -0.4 is 24.8 Å². The van der Waals surface area contributed by atoms with E-state index in [1.165, 1.54) is 0 Å². The maximum atomic E-state index is 2.99. The van der Waals surface area contributed by atoms with Crippen LogP contribution in [-0.4, -0.2) is 9.52 Å². The van der Waals surface area contributed by atoms with Crippen LogP contribution in [0.15, 0.2) is 18.2 Å². The standard InChI is InChI=1S/C5H5.C2H7Si.4CH3.2ClH.Zr/c1-2-4-5-3-1;1-3-2;;;;;;;/h1-3H,4H2;3H,1-2H3;4*1H3;2*1H;/q-1;;4*-1;;;+2/p-2. The Bertz CT molecular complexity index is 86.6. The van der Waals surface area contributed by atoms with E-state index in [0.29, 0.717) is 0 Å². The second-order valence-corrected chi connectivity index (χ2v) is 2.74. The van der Waals surface area contributed by atoms with Crippen LogP contribution in [0.3, 0.4) is 0 Å². The number of halogens is 2. The average Bonchev–Trinajstić information content (AvgIpc) is 2.17. The molecule has 0 fully saturated rings. The predicted molar refractivity (Wildman–Crippen MR) is 66.1 cm³/mol. The van der Waals surface area contributed by atoms with Crippen molar-refractivity contribution >= 4 is 9.52 Å². The molecule has 0 amide bonds. The second-order valence-electron chi connectivity index (χ2n) is 1.58. The molecule has 0 aromatic heterocycles. The Morgan fingerprint density at radius 3 is 1.40 bits per heavy atom. The summed E-state index contributed by atoms with van der Waals surface area (Å²) in [5.41, 5.74) is 0. The molecule has 1 aliphatic rings. The maximum absolute atomic E-state index is 2.99. The number of hydrogen-bond donors (Lipinski definition) is 0. The zero-order chi connectivity index (χ0) is 6.24. The summed E-state index contributed by atoms with van der Waals surface area (Å²) in [6, 6.07) is 0. The normalized spacial score (nSPS) is 7.07. The summed E-state index contributed by atoms with van der Waals surface area (Å²) < 4.78 is 0. The fourth-order valence-electron chi connectivity index (χ4n) is 0.340. The van der Waals surface area contributed by atoms with E-state index in [0.717, 1.165) is 15.9 Å². The summed E-state index contributed by atoms with van der Waals surface area (Å²) >= 11 is 0. The molecular formula is C11H24Cl2SiZr-5. The van der Waals surface area contributed by atoms with Gasteiger partial charge in [-0.05, 0) is 0 Å². The van der Waals surface area contributed by atoms with Gasteiger partial charge in [0, 0.05) is 9.52 Å². The van der Waals surface area contributed by atoms with Crippen molar-refractivity contribution in [3.63, 3.8) is 0 Å². The number of rotatable bonds is 0. The Balaban J connectivity index is -0.00000000778. The number of allylic oxidation sites excluding steroid dienone is 4. The van der Waals surface area contributed by atoms with Crippen molar-refractivity contribution in [3.05, 3.63) is 54.0 Å². The Morgan fingerprint density at radius 2 is 1.33 bits per heavy atom. The molecule has 0 N–H and O–H groups in total. The first kappa shape index (κ1) is 55.8. The Kier molecular flexibility index (Phi) is 220. The van der Waals surface area contributed by atoms with Gasteiger partial charge < -0.3 is 54.5 Å². The Morgan fingerprint density at radius 1 is 1.00 bits per heavy atom. The minimum absolute atomic E-state index is 0. The summed E-state index contributed by atoms with van der Waals surface area (Å²) in [4.78, 5) is 0. The van der Waals surface area contributed by atoms with Gasteiger partial charge in [0.25, 0.3) is 0 Å². The second kappa shape index (κ2) is 59.3. The van der Waals surface area contributed by atoms with Gasteiger partial charge in [-0.15, -0.1) is 6.42 Å². The number of hydrogen-bond acceptors (Lipinski definition) is 0. The minimum atomic E-state index is 0. The van der Waals surface area contributed by atoms with Crippen molar-refractivity contribution in [2.75, 3.05) is 0 Å². The topological polar surface area (TPSA) is 0 Å². The quantitative estimate of drug-likeness (QED) is 0.340. The molecule has 0 unspecified atom stereocenters. The molecule has 0 heterocycles. The van der Waals surface area contributed by atoms with Gasteiger partial charge >= 0.3 is 26.2 Å². The molecule has 4 heteroatoms. The van der Waals surface area contributed by atoms with Gasteiger partial charge in [0.05, 0.1) is 0 Å². The zero-order valence-electron chi connectivity index (χ0n) is 10.8. The van der Waals surface area contributed by atoms with Crippen molar-refractivity contribution in [3.8, 4) is 0 Å². The predicted octanol–water partition coefficient (Wildman–Crippen LogP) is -2.37. The first-order valence-electron chi connectivity index (χ1n) is 2.87. The fraction of sp³-hybridized carbons (Fsp3) is 0.273. The zero-order valence-corrected chi connectivity index (χ0v) is 15.9. The molecule has 1 aliphatic carbocycles. The molecule has 0 spiro atoms. The van der Waals surface area contributed by atoms with Gasteiger partial charge in [-0.25, -0.2) is 12.2 Å². The molecule has 0 atom stereocenters. The van der Waals surface area contributed by atoms with E-state index in [1.54, 1.807) is 0 Å². The van der Waals surface area contributed by atoms with Gasteiger partial charge in [0.15, 0.2) is 0 Å². The molecule has 95 valence electrons. The summed E-state index contributed by atoms with van der Waals surface area (Å²) in [5.74, 6) is 0. The van der Waals surface area contributed by atoms with E-state index in [4.69, 9.17) is 0 Å². The van der Waals surface area contributed by atoms with Crippen LogP contribution in [0.1, 0.15) is 6.42 Å². The van der Waals surface area contributed by atoms with Crippen molar-refractivity contribution in [1.29, 1.82) is 0 Å². The van der Waals surface area contributed by atoms with E-state index in [2.05, 4.69) is 25.2 Å². The SMILES string of the molecule is C[SiH]C.[C-]1=CC=CC1.[CH3-].[CH3-].[CH3-].[CH3-].[Cl-].[Cl-].[Zr+2]. The van der Waals surface area contributed by atoms with E-state index in [-0.39, 0.29) is 80.7 Å². The van der Waals surface area contributed by atoms with Gasteiger partial charge in [-0.3, -0.25) is 6.08 Å². The third-order valence-electron chi connectivity index (χ3n) is 0.586. The van der Waals surface area contributed by atoms with Crippen LogP contribution in [0.4, 0.5) is 0 Å². The van der Waals surface area contributed by atoms with Crippen LogP contribution >= 0.6 is 0 Å². The van der Waals surface area contributed by atoms with E-state index in [9.17, 15) is 0 Å². The summed E-state index contributed by atoms with van der Waals surface area (Å²) in [5, 5.41) is 0. The maximum Gasteiger partial charge on any atom is 2.00 e. The van der Waals surface area contributed by atoms with E-state index in [1.807, 2.05) is 12.2 Å². The smallest absolute Gasteiger partial charge is 1.00 e. The molecule has 0 saturated carbocycles. The first-order chi connectivity index (χ1) is 3.91. The van der Waals surface area contributed by atoms with Crippen molar-refractivity contribution in [2.24, 2.45) is 0 Å². The third kappa shape index (κ3) is 69.2. The van der Waals surface area contributed by atoms with Crippen LogP contribution in [0.25, 0.3) is 0 Å². The molecule has 15 heavy (non-hydrogen) atoms. The van der Waals surface area contributed by atoms with Gasteiger partial charge in [0.2, 0.25) is 0 Å².